The van der Waals surface area contributed by atoms with E-state index in [4.69, 9.17) is 11.6 Å². The Kier molecular flexibility index (Phi) is 6.29. The molecule has 1 aliphatic heterocycles. The molecule has 1 atom stereocenters. The number of anilines is 2. The zero-order valence-corrected chi connectivity index (χ0v) is 19.6. The zero-order valence-electron chi connectivity index (χ0n) is 18.0. The third-order valence-electron chi connectivity index (χ3n) is 6.14. The van der Waals surface area contributed by atoms with Crippen LogP contribution < -0.4 is 10.2 Å². The molecule has 32 heavy (non-hydrogen) atoms. The quantitative estimate of drug-likeness (QED) is 0.690. The summed E-state index contributed by atoms with van der Waals surface area (Å²) in [5.41, 5.74) is 2.12. The first kappa shape index (κ1) is 22.8. The fourth-order valence-electron chi connectivity index (χ4n) is 4.19. The standard InChI is InChI=1S/C23H26ClN3O4S/c1-15-11-17-12-20(9-10-21(17)27(15)23(29)16-5-3-6-16)32(30,31)26(2)14-22(28)25-19-8-4-7-18(24)13-19/h4,7-10,12-13,15-16H,3,5-6,11,14H2,1-2H3,(H,25,28). The summed E-state index contributed by atoms with van der Waals surface area (Å²) in [5, 5.41) is 3.12. The molecule has 2 amide bonds. The van der Waals surface area contributed by atoms with Crippen LogP contribution in [0.15, 0.2) is 47.4 Å². The highest BCUT2D eigenvalue weighted by molar-refractivity contribution is 7.89. The van der Waals surface area contributed by atoms with Gasteiger partial charge in [-0.2, -0.15) is 4.31 Å². The van der Waals surface area contributed by atoms with Crippen LogP contribution in [0.2, 0.25) is 5.02 Å². The number of sulfonamides is 1. The van der Waals surface area contributed by atoms with Crippen molar-refractivity contribution in [1.82, 2.24) is 4.31 Å². The van der Waals surface area contributed by atoms with Gasteiger partial charge in [-0.05, 0) is 68.1 Å². The number of likely N-dealkylation sites (N-methyl/N-ethyl adjacent to an activating group) is 1. The van der Waals surface area contributed by atoms with Crippen LogP contribution in [0.3, 0.4) is 0 Å². The molecule has 1 unspecified atom stereocenters. The first-order valence-corrected chi connectivity index (χ1v) is 12.5. The Morgan fingerprint density at radius 1 is 1.19 bits per heavy atom. The van der Waals surface area contributed by atoms with E-state index in [0.29, 0.717) is 17.1 Å². The minimum Gasteiger partial charge on any atom is -0.325 e. The molecular weight excluding hydrogens is 450 g/mol. The highest BCUT2D eigenvalue weighted by Crippen LogP contribution is 2.38. The van der Waals surface area contributed by atoms with Gasteiger partial charge in [-0.25, -0.2) is 8.42 Å². The molecule has 2 aromatic carbocycles. The average Bonchev–Trinajstić information content (AvgIpc) is 3.01. The van der Waals surface area contributed by atoms with Crippen molar-refractivity contribution >= 4 is 44.8 Å². The van der Waals surface area contributed by atoms with Crippen molar-refractivity contribution < 1.29 is 18.0 Å². The average molecular weight is 476 g/mol. The van der Waals surface area contributed by atoms with Gasteiger partial charge in [0.1, 0.15) is 0 Å². The van der Waals surface area contributed by atoms with Gasteiger partial charge in [-0.15, -0.1) is 0 Å². The van der Waals surface area contributed by atoms with E-state index in [1.165, 1.54) is 13.1 Å². The van der Waals surface area contributed by atoms with E-state index >= 15 is 0 Å². The van der Waals surface area contributed by atoms with Crippen LogP contribution in [0.25, 0.3) is 0 Å². The smallest absolute Gasteiger partial charge is 0.243 e. The van der Waals surface area contributed by atoms with Crippen molar-refractivity contribution in [2.45, 2.75) is 43.5 Å². The van der Waals surface area contributed by atoms with Gasteiger partial charge in [0.2, 0.25) is 21.8 Å². The maximum absolute atomic E-state index is 13.1. The number of carbonyl (C=O) groups is 2. The van der Waals surface area contributed by atoms with Gasteiger partial charge in [0.05, 0.1) is 11.4 Å². The van der Waals surface area contributed by atoms with E-state index < -0.39 is 15.9 Å². The van der Waals surface area contributed by atoms with Crippen LogP contribution in [0.1, 0.15) is 31.7 Å². The lowest BCUT2D eigenvalue weighted by atomic mass is 9.84. The van der Waals surface area contributed by atoms with E-state index in [2.05, 4.69) is 5.32 Å². The Hall–Kier alpha value is -2.42. The van der Waals surface area contributed by atoms with E-state index in [9.17, 15) is 18.0 Å². The second kappa shape index (κ2) is 8.84. The third kappa shape index (κ3) is 4.40. The monoisotopic (exact) mass is 475 g/mol. The highest BCUT2D eigenvalue weighted by Gasteiger charge is 2.37. The van der Waals surface area contributed by atoms with Crippen LogP contribution >= 0.6 is 11.6 Å². The Labute approximate surface area is 193 Å². The molecule has 170 valence electrons. The maximum atomic E-state index is 13.1. The summed E-state index contributed by atoms with van der Waals surface area (Å²) in [5.74, 6) is -0.255. The molecule has 0 aromatic heterocycles. The zero-order chi connectivity index (χ0) is 23.0. The molecule has 0 spiro atoms. The van der Waals surface area contributed by atoms with E-state index in [-0.39, 0.29) is 29.3 Å². The van der Waals surface area contributed by atoms with Gasteiger partial charge in [-0.1, -0.05) is 24.1 Å². The normalized spacial score (nSPS) is 18.4. The number of rotatable bonds is 6. The molecule has 2 aromatic rings. The van der Waals surface area contributed by atoms with Crippen LogP contribution in [-0.2, 0) is 26.0 Å². The summed E-state index contributed by atoms with van der Waals surface area (Å²) in [6, 6.07) is 11.5. The van der Waals surface area contributed by atoms with Crippen LogP contribution in [-0.4, -0.2) is 44.2 Å². The summed E-state index contributed by atoms with van der Waals surface area (Å²) < 4.78 is 27.2. The summed E-state index contributed by atoms with van der Waals surface area (Å²) in [6.45, 7) is 1.64. The molecule has 4 rings (SSSR count). The predicted molar refractivity (Wildman–Crippen MR) is 124 cm³/mol. The molecule has 1 fully saturated rings. The number of hydrogen-bond donors (Lipinski definition) is 1. The SMILES string of the molecule is CC1Cc2cc(S(=O)(=O)N(C)CC(=O)Nc3cccc(Cl)c3)ccc2N1C(=O)C1CCC1. The van der Waals surface area contributed by atoms with E-state index in [1.54, 1.807) is 36.4 Å². The molecular formula is C23H26ClN3O4S. The highest BCUT2D eigenvalue weighted by atomic mass is 35.5. The number of halogens is 1. The van der Waals surface area contributed by atoms with Gasteiger partial charge in [0.15, 0.2) is 0 Å². The number of amides is 2. The lowest BCUT2D eigenvalue weighted by Gasteiger charge is -2.32. The second-order valence-corrected chi connectivity index (χ2v) is 11.0. The fraction of sp³-hybridized carbons (Fsp3) is 0.391. The predicted octanol–water partition coefficient (Wildman–Crippen LogP) is 3.68. The lowest BCUT2D eigenvalue weighted by molar-refractivity contribution is -0.125. The van der Waals surface area contributed by atoms with Gasteiger partial charge >= 0.3 is 0 Å². The summed E-state index contributed by atoms with van der Waals surface area (Å²) in [6.07, 6.45) is 3.54. The molecule has 9 heteroatoms. The number of benzene rings is 2. The molecule has 0 saturated heterocycles. The molecule has 1 saturated carbocycles. The first-order chi connectivity index (χ1) is 15.2. The van der Waals surface area contributed by atoms with Crippen molar-refractivity contribution in [2.75, 3.05) is 23.8 Å². The fourth-order valence-corrected chi connectivity index (χ4v) is 5.56. The maximum Gasteiger partial charge on any atom is 0.243 e. The minimum atomic E-state index is -3.88. The Bertz CT molecular complexity index is 1160. The summed E-state index contributed by atoms with van der Waals surface area (Å²) >= 11 is 5.92. The van der Waals surface area contributed by atoms with Crippen molar-refractivity contribution in [2.24, 2.45) is 5.92 Å². The molecule has 0 bridgehead atoms. The van der Waals surface area contributed by atoms with Gasteiger partial charge in [0.25, 0.3) is 0 Å². The van der Waals surface area contributed by atoms with Crippen molar-refractivity contribution in [3.8, 4) is 0 Å². The number of carbonyl (C=O) groups excluding carboxylic acids is 2. The Morgan fingerprint density at radius 2 is 1.94 bits per heavy atom. The molecule has 1 heterocycles. The summed E-state index contributed by atoms with van der Waals surface area (Å²) in [7, 11) is -2.51. The summed E-state index contributed by atoms with van der Waals surface area (Å²) in [4.78, 5) is 27.1. The third-order valence-corrected chi connectivity index (χ3v) is 8.18. The van der Waals surface area contributed by atoms with Crippen LogP contribution in [0, 0.1) is 5.92 Å². The molecule has 7 nitrogen and oxygen atoms in total. The largest absolute Gasteiger partial charge is 0.325 e. The minimum absolute atomic E-state index is 0.00254. The molecule has 2 aliphatic rings. The molecule has 1 aliphatic carbocycles. The van der Waals surface area contributed by atoms with Crippen LogP contribution in [0.5, 0.6) is 0 Å². The Morgan fingerprint density at radius 3 is 2.59 bits per heavy atom. The Balaban J connectivity index is 1.48. The van der Waals surface area contributed by atoms with Gasteiger partial charge in [-0.3, -0.25) is 9.59 Å². The first-order valence-electron chi connectivity index (χ1n) is 10.6. The number of nitrogens with zero attached hydrogens (tertiary/aromatic N) is 2. The van der Waals surface area contributed by atoms with Gasteiger partial charge < -0.3 is 10.2 Å². The molecule has 1 N–H and O–H groups in total. The van der Waals surface area contributed by atoms with Crippen molar-refractivity contribution in [3.63, 3.8) is 0 Å². The number of hydrogen-bond acceptors (Lipinski definition) is 4. The van der Waals surface area contributed by atoms with Crippen LogP contribution in [0.4, 0.5) is 11.4 Å². The van der Waals surface area contributed by atoms with Gasteiger partial charge in [0, 0.05) is 35.4 Å². The number of fused-ring (bicyclic) bond motifs is 1. The van der Waals surface area contributed by atoms with E-state index in [1.807, 2.05) is 11.8 Å². The van der Waals surface area contributed by atoms with Crippen molar-refractivity contribution in [1.29, 1.82) is 0 Å². The molecule has 0 radical (unpaired) electrons. The van der Waals surface area contributed by atoms with E-state index in [0.717, 1.165) is 34.8 Å². The second-order valence-electron chi connectivity index (χ2n) is 8.50. The van der Waals surface area contributed by atoms with Crippen molar-refractivity contribution in [3.05, 3.63) is 53.1 Å². The topological polar surface area (TPSA) is 86.8 Å². The number of nitrogens with one attached hydrogen (secondary N) is 1. The lowest BCUT2D eigenvalue weighted by Crippen LogP contribution is -2.42.